The Labute approximate surface area is 165 Å². The first kappa shape index (κ1) is 17.8. The second-order valence-corrected chi connectivity index (χ2v) is 7.58. The molecule has 3 aromatic heterocycles. The van der Waals surface area contributed by atoms with E-state index in [4.69, 9.17) is 11.6 Å². The molecule has 0 bridgehead atoms. The zero-order chi connectivity index (χ0) is 19.0. The van der Waals surface area contributed by atoms with Crippen LogP contribution in [0.4, 0.5) is 0 Å². The van der Waals surface area contributed by atoms with E-state index in [-0.39, 0.29) is 5.56 Å². The zero-order valence-electron chi connectivity index (χ0n) is 14.7. The Balaban J connectivity index is 1.73. The molecule has 0 saturated heterocycles. The first-order chi connectivity index (χ1) is 13.1. The van der Waals surface area contributed by atoms with E-state index in [0.29, 0.717) is 33.4 Å². The third-order valence-electron chi connectivity index (χ3n) is 4.27. The molecule has 0 atom stereocenters. The van der Waals surface area contributed by atoms with Crippen LogP contribution in [0.5, 0.6) is 0 Å². The molecule has 0 fully saturated rings. The van der Waals surface area contributed by atoms with Gasteiger partial charge in [0.2, 0.25) is 0 Å². The van der Waals surface area contributed by atoms with Crippen molar-refractivity contribution in [3.05, 3.63) is 82.0 Å². The quantitative estimate of drug-likeness (QED) is 0.283. The molecular formula is C20H17ClN4OS. The first-order valence-electron chi connectivity index (χ1n) is 8.44. The van der Waals surface area contributed by atoms with E-state index < -0.39 is 0 Å². The Morgan fingerprint density at radius 3 is 2.93 bits per heavy atom. The van der Waals surface area contributed by atoms with Gasteiger partial charge in [0.1, 0.15) is 5.65 Å². The number of benzene rings is 1. The highest BCUT2D eigenvalue weighted by Gasteiger charge is 2.12. The van der Waals surface area contributed by atoms with Crippen molar-refractivity contribution in [3.8, 4) is 0 Å². The Morgan fingerprint density at radius 2 is 2.15 bits per heavy atom. The van der Waals surface area contributed by atoms with Crippen molar-refractivity contribution < 1.29 is 0 Å². The zero-order valence-corrected chi connectivity index (χ0v) is 16.3. The summed E-state index contributed by atoms with van der Waals surface area (Å²) in [6, 6.07) is 9.17. The third kappa shape index (κ3) is 3.38. The van der Waals surface area contributed by atoms with Crippen LogP contribution < -0.4 is 5.56 Å². The fraction of sp³-hybridized carbons (Fsp3) is 0.150. The van der Waals surface area contributed by atoms with Gasteiger partial charge in [0, 0.05) is 29.7 Å². The van der Waals surface area contributed by atoms with E-state index in [0.717, 1.165) is 16.9 Å². The fourth-order valence-electron chi connectivity index (χ4n) is 2.99. The maximum atomic E-state index is 12.8. The molecule has 1 aromatic carbocycles. The lowest BCUT2D eigenvalue weighted by atomic mass is 10.2. The lowest BCUT2D eigenvalue weighted by molar-refractivity contribution is 0.671. The van der Waals surface area contributed by atoms with Gasteiger partial charge in [-0.2, -0.15) is 0 Å². The molecule has 0 spiro atoms. The van der Waals surface area contributed by atoms with Crippen molar-refractivity contribution in [2.75, 3.05) is 0 Å². The van der Waals surface area contributed by atoms with Crippen LogP contribution in [0, 0.1) is 6.92 Å². The summed E-state index contributed by atoms with van der Waals surface area (Å²) in [4.78, 5) is 22.2. The Kier molecular flexibility index (Phi) is 4.76. The number of imidazole rings is 1. The molecular weight excluding hydrogens is 380 g/mol. The highest BCUT2D eigenvalue weighted by Crippen LogP contribution is 2.24. The molecule has 3 heterocycles. The molecule has 4 rings (SSSR count). The molecule has 5 nitrogen and oxygen atoms in total. The monoisotopic (exact) mass is 396 g/mol. The SMILES string of the molecule is C=CCn1c(SCc2cn3cccc(C)c3n2)nc2cc(Cl)ccc2c1=O. The van der Waals surface area contributed by atoms with Gasteiger partial charge in [-0.3, -0.25) is 9.36 Å². The number of aromatic nitrogens is 4. The maximum Gasteiger partial charge on any atom is 0.262 e. The number of allylic oxidation sites excluding steroid dienone is 1. The molecule has 0 aliphatic heterocycles. The van der Waals surface area contributed by atoms with E-state index in [2.05, 4.69) is 16.5 Å². The smallest absolute Gasteiger partial charge is 0.262 e. The lowest BCUT2D eigenvalue weighted by Crippen LogP contribution is -2.22. The van der Waals surface area contributed by atoms with Gasteiger partial charge in [-0.25, -0.2) is 9.97 Å². The molecule has 0 aliphatic carbocycles. The summed E-state index contributed by atoms with van der Waals surface area (Å²) in [7, 11) is 0. The summed E-state index contributed by atoms with van der Waals surface area (Å²) in [6.45, 7) is 6.19. The van der Waals surface area contributed by atoms with Gasteiger partial charge in [-0.05, 0) is 36.8 Å². The van der Waals surface area contributed by atoms with Crippen LogP contribution >= 0.6 is 23.4 Å². The van der Waals surface area contributed by atoms with Gasteiger partial charge in [0.25, 0.3) is 5.56 Å². The van der Waals surface area contributed by atoms with Crippen molar-refractivity contribution in [1.29, 1.82) is 0 Å². The number of aryl methyl sites for hydroxylation is 1. The summed E-state index contributed by atoms with van der Waals surface area (Å²) >= 11 is 7.55. The summed E-state index contributed by atoms with van der Waals surface area (Å²) in [5, 5.41) is 1.74. The van der Waals surface area contributed by atoms with Crippen LogP contribution in [-0.2, 0) is 12.3 Å². The summed E-state index contributed by atoms with van der Waals surface area (Å²) < 4.78 is 3.64. The summed E-state index contributed by atoms with van der Waals surface area (Å²) in [5.74, 6) is 0.608. The predicted molar refractivity (Wildman–Crippen MR) is 111 cm³/mol. The Bertz CT molecular complexity index is 1230. The number of hydrogen-bond donors (Lipinski definition) is 0. The lowest BCUT2D eigenvalue weighted by Gasteiger charge is -2.11. The van der Waals surface area contributed by atoms with Crippen molar-refractivity contribution in [3.63, 3.8) is 0 Å². The highest BCUT2D eigenvalue weighted by atomic mass is 35.5. The molecule has 0 saturated carbocycles. The van der Waals surface area contributed by atoms with Crippen LogP contribution in [0.3, 0.4) is 0 Å². The van der Waals surface area contributed by atoms with E-state index in [1.165, 1.54) is 11.8 Å². The molecule has 27 heavy (non-hydrogen) atoms. The molecule has 0 amide bonds. The Hall–Kier alpha value is -2.57. The largest absolute Gasteiger partial charge is 0.307 e. The van der Waals surface area contributed by atoms with Crippen LogP contribution in [0.15, 0.2) is 65.3 Å². The molecule has 4 aromatic rings. The standard InChI is InChI=1S/C20H17ClN4OS/c1-3-8-25-19(26)16-7-6-14(21)10-17(16)23-20(25)27-12-15-11-24-9-4-5-13(2)18(24)22-15/h3-7,9-11H,1,8,12H2,2H3. The van der Waals surface area contributed by atoms with Crippen LogP contribution in [0.25, 0.3) is 16.6 Å². The van der Waals surface area contributed by atoms with Crippen LogP contribution in [0.1, 0.15) is 11.3 Å². The third-order valence-corrected chi connectivity index (χ3v) is 5.52. The molecule has 0 radical (unpaired) electrons. The Morgan fingerprint density at radius 1 is 1.30 bits per heavy atom. The number of pyridine rings is 1. The van der Waals surface area contributed by atoms with E-state index >= 15 is 0 Å². The number of nitrogens with zero attached hydrogens (tertiary/aromatic N) is 4. The number of fused-ring (bicyclic) bond motifs is 2. The summed E-state index contributed by atoms with van der Waals surface area (Å²) in [6.07, 6.45) is 5.68. The van der Waals surface area contributed by atoms with Crippen molar-refractivity contribution in [2.24, 2.45) is 0 Å². The van der Waals surface area contributed by atoms with Crippen molar-refractivity contribution in [1.82, 2.24) is 18.9 Å². The van der Waals surface area contributed by atoms with Gasteiger partial charge in [0.05, 0.1) is 16.6 Å². The minimum atomic E-state index is -0.0927. The second-order valence-electron chi connectivity index (χ2n) is 6.20. The van der Waals surface area contributed by atoms with E-state index in [9.17, 15) is 4.79 Å². The fourth-order valence-corrected chi connectivity index (χ4v) is 4.05. The minimum Gasteiger partial charge on any atom is -0.307 e. The van der Waals surface area contributed by atoms with E-state index in [1.807, 2.05) is 35.9 Å². The number of hydrogen-bond acceptors (Lipinski definition) is 4. The van der Waals surface area contributed by atoms with Gasteiger partial charge in [-0.15, -0.1) is 6.58 Å². The van der Waals surface area contributed by atoms with Gasteiger partial charge < -0.3 is 4.40 Å². The first-order valence-corrected chi connectivity index (χ1v) is 9.80. The van der Waals surface area contributed by atoms with Gasteiger partial charge in [0.15, 0.2) is 5.16 Å². The van der Waals surface area contributed by atoms with Crippen molar-refractivity contribution >= 4 is 39.9 Å². The highest BCUT2D eigenvalue weighted by molar-refractivity contribution is 7.98. The van der Waals surface area contributed by atoms with Gasteiger partial charge >= 0.3 is 0 Å². The number of halogens is 1. The number of rotatable bonds is 5. The summed E-state index contributed by atoms with van der Waals surface area (Å²) in [5.41, 5.74) is 3.50. The maximum absolute atomic E-state index is 12.8. The predicted octanol–water partition coefficient (Wildman–Crippen LogP) is 4.48. The molecule has 0 aliphatic rings. The topological polar surface area (TPSA) is 52.2 Å². The molecule has 7 heteroatoms. The molecule has 0 unspecified atom stereocenters. The normalized spacial score (nSPS) is 11.3. The number of thioether (sulfide) groups is 1. The van der Waals surface area contributed by atoms with Crippen LogP contribution in [-0.4, -0.2) is 18.9 Å². The van der Waals surface area contributed by atoms with Crippen molar-refractivity contribution in [2.45, 2.75) is 24.4 Å². The molecule has 0 N–H and O–H groups in total. The van der Waals surface area contributed by atoms with E-state index in [1.54, 1.807) is 28.8 Å². The molecule has 136 valence electrons. The minimum absolute atomic E-state index is 0.0927. The van der Waals surface area contributed by atoms with Crippen LogP contribution in [0.2, 0.25) is 5.02 Å². The average Bonchev–Trinajstić information content (AvgIpc) is 3.07. The second kappa shape index (κ2) is 7.21. The average molecular weight is 397 g/mol. The van der Waals surface area contributed by atoms with Gasteiger partial charge in [-0.1, -0.05) is 35.5 Å².